The van der Waals surface area contributed by atoms with E-state index in [0.717, 1.165) is 30.5 Å². The Morgan fingerprint density at radius 1 is 0.903 bits per heavy atom. The molecule has 9 nitrogen and oxygen atoms in total. The first-order valence-corrected chi connectivity index (χ1v) is 11.7. The number of amides is 1. The van der Waals surface area contributed by atoms with E-state index in [-0.39, 0.29) is 19.0 Å². The number of nitrogens with zero attached hydrogens (tertiary/aromatic N) is 6. The summed E-state index contributed by atoms with van der Waals surface area (Å²) in [5, 5.41) is 11.0. The minimum absolute atomic E-state index is 0.113. The van der Waals surface area contributed by atoms with Crippen LogP contribution >= 0.6 is 0 Å². The van der Waals surface area contributed by atoms with Crippen LogP contribution in [0.2, 0.25) is 0 Å². The summed E-state index contributed by atoms with van der Waals surface area (Å²) in [4.78, 5) is 14.9. The molecule has 0 bridgehead atoms. The molecular weight excluding hydrogens is 416 g/mol. The number of fused-ring (bicyclic) bond motifs is 1. The maximum atomic E-state index is 13.1. The molecule has 1 saturated heterocycles. The molecule has 2 heterocycles. The minimum atomic E-state index is -3.55. The van der Waals surface area contributed by atoms with E-state index in [1.165, 1.54) is 20.9 Å². The fourth-order valence-electron chi connectivity index (χ4n) is 4.21. The predicted octanol–water partition coefficient (Wildman–Crippen LogP) is 1.30. The third-order valence-corrected chi connectivity index (χ3v) is 7.86. The first-order chi connectivity index (χ1) is 15.0. The number of tetrazole rings is 1. The van der Waals surface area contributed by atoms with Gasteiger partial charge in [0.25, 0.3) is 5.91 Å². The second-order valence-electron chi connectivity index (χ2n) is 7.78. The summed E-state index contributed by atoms with van der Waals surface area (Å²) in [5.41, 5.74) is 3.69. The van der Waals surface area contributed by atoms with Crippen molar-refractivity contribution in [3.8, 4) is 5.69 Å². The zero-order chi connectivity index (χ0) is 21.4. The van der Waals surface area contributed by atoms with Crippen LogP contribution in [0.1, 0.15) is 27.9 Å². The van der Waals surface area contributed by atoms with Crippen LogP contribution in [-0.2, 0) is 22.9 Å². The van der Waals surface area contributed by atoms with Crippen LogP contribution < -0.4 is 0 Å². The average Bonchev–Trinajstić information content (AvgIpc) is 3.50. The van der Waals surface area contributed by atoms with Crippen molar-refractivity contribution in [2.24, 2.45) is 0 Å². The van der Waals surface area contributed by atoms with E-state index in [1.54, 1.807) is 35.2 Å². The number of carbonyl (C=O) groups is 1. The van der Waals surface area contributed by atoms with E-state index in [4.69, 9.17) is 0 Å². The van der Waals surface area contributed by atoms with Gasteiger partial charge in [0.1, 0.15) is 6.33 Å². The standard InChI is InChI=1S/C21H22N6O3S/c28-21(17-4-7-19(8-5-17)27-15-22-23-24-27)25-10-12-26(13-11-25)31(29,30)20-9-6-16-2-1-3-18(16)14-20/h4-9,14-15H,1-3,10-13H2. The Bertz CT molecular complexity index is 1200. The largest absolute Gasteiger partial charge is 0.336 e. The van der Waals surface area contributed by atoms with Gasteiger partial charge in [0.2, 0.25) is 10.0 Å². The first kappa shape index (κ1) is 19.8. The van der Waals surface area contributed by atoms with Crippen molar-refractivity contribution in [2.75, 3.05) is 26.2 Å². The van der Waals surface area contributed by atoms with Gasteiger partial charge in [-0.25, -0.2) is 13.1 Å². The second-order valence-corrected chi connectivity index (χ2v) is 9.72. The highest BCUT2D eigenvalue weighted by Crippen LogP contribution is 2.27. The lowest BCUT2D eigenvalue weighted by atomic mass is 10.1. The number of rotatable bonds is 4. The van der Waals surface area contributed by atoms with Gasteiger partial charge >= 0.3 is 0 Å². The number of aromatic nitrogens is 4. The molecule has 1 aliphatic carbocycles. The topological polar surface area (TPSA) is 101 Å². The molecule has 1 amide bonds. The molecule has 0 atom stereocenters. The molecular formula is C21H22N6O3S. The maximum absolute atomic E-state index is 13.1. The Balaban J connectivity index is 1.25. The van der Waals surface area contributed by atoms with Gasteiger partial charge in [-0.2, -0.15) is 4.31 Å². The molecule has 10 heteroatoms. The summed E-state index contributed by atoms with van der Waals surface area (Å²) in [6, 6.07) is 12.5. The van der Waals surface area contributed by atoms with E-state index in [1.807, 2.05) is 12.1 Å². The Hall–Kier alpha value is -3.11. The molecule has 0 unspecified atom stereocenters. The SMILES string of the molecule is O=C(c1ccc(-n2cnnn2)cc1)N1CCN(S(=O)(=O)c2ccc3c(c2)CCC3)CC1. The van der Waals surface area contributed by atoms with Gasteiger partial charge in [0, 0.05) is 31.7 Å². The van der Waals surface area contributed by atoms with Crippen LogP contribution in [0.5, 0.6) is 0 Å². The summed E-state index contributed by atoms with van der Waals surface area (Å²) in [7, 11) is -3.55. The van der Waals surface area contributed by atoms with Crippen molar-refractivity contribution >= 4 is 15.9 Å². The van der Waals surface area contributed by atoms with Crippen molar-refractivity contribution in [1.82, 2.24) is 29.4 Å². The van der Waals surface area contributed by atoms with E-state index in [2.05, 4.69) is 15.5 Å². The summed E-state index contributed by atoms with van der Waals surface area (Å²) >= 11 is 0. The molecule has 1 fully saturated rings. The maximum Gasteiger partial charge on any atom is 0.253 e. The Labute approximate surface area is 180 Å². The number of sulfonamides is 1. The lowest BCUT2D eigenvalue weighted by Gasteiger charge is -2.34. The molecule has 2 aromatic carbocycles. The van der Waals surface area contributed by atoms with Crippen molar-refractivity contribution in [1.29, 1.82) is 0 Å². The monoisotopic (exact) mass is 438 g/mol. The molecule has 3 aromatic rings. The first-order valence-electron chi connectivity index (χ1n) is 10.3. The quantitative estimate of drug-likeness (QED) is 0.609. The van der Waals surface area contributed by atoms with Crippen LogP contribution in [0.15, 0.2) is 53.7 Å². The molecule has 0 spiro atoms. The van der Waals surface area contributed by atoms with Gasteiger partial charge in [-0.15, -0.1) is 5.10 Å². The van der Waals surface area contributed by atoms with Crippen molar-refractivity contribution < 1.29 is 13.2 Å². The number of aryl methyl sites for hydroxylation is 2. The minimum Gasteiger partial charge on any atom is -0.336 e. The van der Waals surface area contributed by atoms with Crippen molar-refractivity contribution in [3.05, 3.63) is 65.5 Å². The molecule has 31 heavy (non-hydrogen) atoms. The summed E-state index contributed by atoms with van der Waals surface area (Å²) < 4.78 is 29.2. The normalized spacial score (nSPS) is 17.0. The molecule has 1 aliphatic heterocycles. The smallest absolute Gasteiger partial charge is 0.253 e. The fraction of sp³-hybridized carbons (Fsp3) is 0.333. The highest BCUT2D eigenvalue weighted by molar-refractivity contribution is 7.89. The van der Waals surface area contributed by atoms with E-state index < -0.39 is 10.0 Å². The lowest BCUT2D eigenvalue weighted by Crippen LogP contribution is -2.50. The highest BCUT2D eigenvalue weighted by Gasteiger charge is 2.31. The number of hydrogen-bond donors (Lipinski definition) is 0. The number of benzene rings is 2. The Morgan fingerprint density at radius 3 is 2.35 bits per heavy atom. The summed E-state index contributed by atoms with van der Waals surface area (Å²) in [6.45, 7) is 1.29. The van der Waals surface area contributed by atoms with Crippen LogP contribution in [-0.4, -0.2) is 69.9 Å². The second kappa shape index (κ2) is 7.86. The van der Waals surface area contributed by atoms with Crippen LogP contribution in [0.25, 0.3) is 5.69 Å². The van der Waals surface area contributed by atoms with Gasteiger partial charge < -0.3 is 4.90 Å². The summed E-state index contributed by atoms with van der Waals surface area (Å²) in [5.74, 6) is -0.113. The highest BCUT2D eigenvalue weighted by atomic mass is 32.2. The van der Waals surface area contributed by atoms with Gasteiger partial charge in [-0.05, 0) is 77.2 Å². The molecule has 160 valence electrons. The zero-order valence-electron chi connectivity index (χ0n) is 16.9. The number of hydrogen-bond acceptors (Lipinski definition) is 6. The van der Waals surface area contributed by atoms with E-state index in [0.29, 0.717) is 23.5 Å². The van der Waals surface area contributed by atoms with E-state index >= 15 is 0 Å². The third kappa shape index (κ3) is 3.72. The van der Waals surface area contributed by atoms with Crippen molar-refractivity contribution in [2.45, 2.75) is 24.2 Å². The van der Waals surface area contributed by atoms with Gasteiger partial charge in [-0.3, -0.25) is 4.79 Å². The van der Waals surface area contributed by atoms with Gasteiger partial charge in [-0.1, -0.05) is 6.07 Å². The zero-order valence-corrected chi connectivity index (χ0v) is 17.7. The van der Waals surface area contributed by atoms with E-state index in [9.17, 15) is 13.2 Å². The molecule has 0 N–H and O–H groups in total. The predicted molar refractivity (Wildman–Crippen MR) is 112 cm³/mol. The lowest BCUT2D eigenvalue weighted by molar-refractivity contribution is 0.0698. The number of piperazine rings is 1. The summed E-state index contributed by atoms with van der Waals surface area (Å²) in [6.07, 6.45) is 4.52. The molecule has 1 aromatic heterocycles. The van der Waals surface area contributed by atoms with Crippen LogP contribution in [0.4, 0.5) is 0 Å². The Kier molecular flexibility index (Phi) is 5.03. The Morgan fingerprint density at radius 2 is 1.65 bits per heavy atom. The van der Waals surface area contributed by atoms with Crippen LogP contribution in [0.3, 0.4) is 0 Å². The average molecular weight is 439 g/mol. The van der Waals surface area contributed by atoms with Gasteiger partial charge in [0.05, 0.1) is 10.6 Å². The molecule has 5 rings (SSSR count). The fourth-order valence-corrected chi connectivity index (χ4v) is 5.68. The molecule has 0 radical (unpaired) electrons. The van der Waals surface area contributed by atoms with Crippen LogP contribution in [0, 0.1) is 0 Å². The van der Waals surface area contributed by atoms with Crippen molar-refractivity contribution in [3.63, 3.8) is 0 Å². The van der Waals surface area contributed by atoms with Gasteiger partial charge in [0.15, 0.2) is 0 Å². The third-order valence-electron chi connectivity index (χ3n) is 5.96. The number of carbonyl (C=O) groups excluding carboxylic acids is 1. The molecule has 0 saturated carbocycles. The molecule has 2 aliphatic rings.